The van der Waals surface area contributed by atoms with E-state index in [0.717, 1.165) is 19.5 Å². The van der Waals surface area contributed by atoms with Gasteiger partial charge in [-0.2, -0.15) is 0 Å². The first kappa shape index (κ1) is 19.7. The third kappa shape index (κ3) is 6.01. The highest BCUT2D eigenvalue weighted by Crippen LogP contribution is 2.20. The first-order valence-corrected chi connectivity index (χ1v) is 9.24. The minimum Gasteiger partial charge on any atom is -0.373 e. The summed E-state index contributed by atoms with van der Waals surface area (Å²) in [6.45, 7) is 13.7. The van der Waals surface area contributed by atoms with Crippen molar-refractivity contribution in [3.8, 4) is 0 Å². The van der Waals surface area contributed by atoms with Crippen molar-refractivity contribution in [2.75, 3.05) is 26.2 Å². The number of benzene rings is 1. The molecule has 2 unspecified atom stereocenters. The van der Waals surface area contributed by atoms with Crippen LogP contribution in [-0.2, 0) is 11.2 Å². The molecular formula is C20H33N3O2. The van der Waals surface area contributed by atoms with Crippen molar-refractivity contribution in [2.24, 2.45) is 0 Å². The van der Waals surface area contributed by atoms with Crippen molar-refractivity contribution >= 4 is 6.03 Å². The molecule has 0 saturated carbocycles. The number of rotatable bonds is 6. The zero-order valence-electron chi connectivity index (χ0n) is 16.3. The van der Waals surface area contributed by atoms with Crippen LogP contribution in [0, 0.1) is 6.92 Å². The van der Waals surface area contributed by atoms with Crippen LogP contribution in [-0.4, -0.2) is 54.9 Å². The van der Waals surface area contributed by atoms with Gasteiger partial charge >= 0.3 is 6.03 Å². The normalized spacial score (nSPS) is 21.8. The molecule has 5 nitrogen and oxygen atoms in total. The Morgan fingerprint density at radius 3 is 2.48 bits per heavy atom. The lowest BCUT2D eigenvalue weighted by molar-refractivity contribution is -0.0947. The number of morpholine rings is 1. The van der Waals surface area contributed by atoms with E-state index >= 15 is 0 Å². The minimum atomic E-state index is -0.101. The third-order valence-electron chi connectivity index (χ3n) is 4.90. The summed E-state index contributed by atoms with van der Waals surface area (Å²) in [6, 6.07) is 8.18. The highest BCUT2D eigenvalue weighted by atomic mass is 16.5. The monoisotopic (exact) mass is 347 g/mol. The van der Waals surface area contributed by atoms with Gasteiger partial charge < -0.3 is 15.4 Å². The van der Waals surface area contributed by atoms with Gasteiger partial charge in [-0.3, -0.25) is 4.90 Å². The second-order valence-corrected chi connectivity index (χ2v) is 7.76. The van der Waals surface area contributed by atoms with Gasteiger partial charge in [-0.05, 0) is 52.2 Å². The Bertz CT molecular complexity index is 564. The molecule has 2 N–H and O–H groups in total. The largest absolute Gasteiger partial charge is 0.373 e. The molecule has 140 valence electrons. The van der Waals surface area contributed by atoms with E-state index in [0.29, 0.717) is 13.1 Å². The van der Waals surface area contributed by atoms with Gasteiger partial charge in [0, 0.05) is 31.7 Å². The first-order valence-electron chi connectivity index (χ1n) is 9.24. The summed E-state index contributed by atoms with van der Waals surface area (Å²) in [5.41, 5.74) is 2.44. The molecule has 5 heteroatoms. The lowest BCUT2D eigenvalue weighted by Crippen LogP contribution is -2.59. The molecule has 0 aliphatic carbocycles. The topological polar surface area (TPSA) is 53.6 Å². The van der Waals surface area contributed by atoms with E-state index in [1.165, 1.54) is 11.1 Å². The SMILES string of the molecule is Cc1ccccc1CCNC(=O)NCC(C)(C)N1CC(C)OC(C)C1. The van der Waals surface area contributed by atoms with Crippen LogP contribution in [0.25, 0.3) is 0 Å². The Labute approximate surface area is 152 Å². The Hall–Kier alpha value is -1.59. The second-order valence-electron chi connectivity index (χ2n) is 7.76. The van der Waals surface area contributed by atoms with E-state index in [1.54, 1.807) is 0 Å². The lowest BCUT2D eigenvalue weighted by Gasteiger charge is -2.45. The van der Waals surface area contributed by atoms with Gasteiger partial charge in [-0.15, -0.1) is 0 Å². The van der Waals surface area contributed by atoms with Crippen LogP contribution in [0.5, 0.6) is 0 Å². The summed E-state index contributed by atoms with van der Waals surface area (Å²) in [5, 5.41) is 5.98. The van der Waals surface area contributed by atoms with Gasteiger partial charge in [0.1, 0.15) is 0 Å². The number of carbonyl (C=O) groups is 1. The maximum Gasteiger partial charge on any atom is 0.314 e. The van der Waals surface area contributed by atoms with Crippen molar-refractivity contribution in [3.05, 3.63) is 35.4 Å². The van der Waals surface area contributed by atoms with Crippen molar-refractivity contribution in [3.63, 3.8) is 0 Å². The van der Waals surface area contributed by atoms with Gasteiger partial charge in [-0.1, -0.05) is 24.3 Å². The number of amides is 2. The fourth-order valence-corrected chi connectivity index (χ4v) is 3.34. The lowest BCUT2D eigenvalue weighted by atomic mass is 10.00. The highest BCUT2D eigenvalue weighted by molar-refractivity contribution is 5.73. The molecule has 1 heterocycles. The van der Waals surface area contributed by atoms with E-state index in [4.69, 9.17) is 4.74 Å². The molecule has 0 bridgehead atoms. The molecule has 0 radical (unpaired) electrons. The zero-order valence-corrected chi connectivity index (χ0v) is 16.3. The standard InChI is InChI=1S/C20H33N3O2/c1-15-8-6-7-9-18(15)10-11-21-19(24)22-14-20(4,5)23-12-16(2)25-17(3)13-23/h6-9,16-17H,10-14H2,1-5H3,(H2,21,22,24). The van der Waals surface area contributed by atoms with Crippen LogP contribution < -0.4 is 10.6 Å². The summed E-state index contributed by atoms with van der Waals surface area (Å²) in [5.74, 6) is 0. The summed E-state index contributed by atoms with van der Waals surface area (Å²) in [4.78, 5) is 14.5. The van der Waals surface area contributed by atoms with E-state index < -0.39 is 0 Å². The Morgan fingerprint density at radius 1 is 1.20 bits per heavy atom. The van der Waals surface area contributed by atoms with Crippen LogP contribution in [0.4, 0.5) is 4.79 Å². The number of urea groups is 1. The highest BCUT2D eigenvalue weighted by Gasteiger charge is 2.33. The first-order chi connectivity index (χ1) is 11.8. The van der Waals surface area contributed by atoms with Crippen molar-refractivity contribution in [1.29, 1.82) is 0 Å². The fraction of sp³-hybridized carbons (Fsp3) is 0.650. The minimum absolute atomic E-state index is 0.0976. The van der Waals surface area contributed by atoms with Gasteiger partial charge in [0.2, 0.25) is 0 Å². The van der Waals surface area contributed by atoms with E-state index in [2.05, 4.69) is 62.3 Å². The fourth-order valence-electron chi connectivity index (χ4n) is 3.34. The molecule has 2 rings (SSSR count). The Balaban J connectivity index is 1.74. The third-order valence-corrected chi connectivity index (χ3v) is 4.90. The Morgan fingerprint density at radius 2 is 1.84 bits per heavy atom. The van der Waals surface area contributed by atoms with Crippen LogP contribution in [0.2, 0.25) is 0 Å². The Kier molecular flexibility index (Phi) is 6.85. The van der Waals surface area contributed by atoms with Crippen LogP contribution in [0.15, 0.2) is 24.3 Å². The van der Waals surface area contributed by atoms with E-state index in [-0.39, 0.29) is 23.8 Å². The number of ether oxygens (including phenoxy) is 1. The molecule has 1 aromatic rings. The molecule has 1 fully saturated rings. The van der Waals surface area contributed by atoms with Crippen LogP contribution in [0.3, 0.4) is 0 Å². The summed E-state index contributed by atoms with van der Waals surface area (Å²) >= 11 is 0. The molecular weight excluding hydrogens is 314 g/mol. The molecule has 1 aliphatic heterocycles. The molecule has 25 heavy (non-hydrogen) atoms. The second kappa shape index (κ2) is 8.68. The predicted octanol–water partition coefficient (Wildman–Crippen LogP) is 2.72. The molecule has 0 spiro atoms. The maximum atomic E-state index is 12.1. The van der Waals surface area contributed by atoms with Crippen molar-refractivity contribution in [1.82, 2.24) is 15.5 Å². The quantitative estimate of drug-likeness (QED) is 0.832. The molecule has 2 atom stereocenters. The average Bonchev–Trinajstić information content (AvgIpc) is 2.54. The van der Waals surface area contributed by atoms with E-state index in [1.807, 2.05) is 12.1 Å². The average molecular weight is 348 g/mol. The van der Waals surface area contributed by atoms with Gasteiger partial charge in [-0.25, -0.2) is 4.79 Å². The zero-order chi connectivity index (χ0) is 18.4. The summed E-state index contributed by atoms with van der Waals surface area (Å²) < 4.78 is 5.80. The smallest absolute Gasteiger partial charge is 0.314 e. The number of carbonyl (C=O) groups excluding carboxylic acids is 1. The summed E-state index contributed by atoms with van der Waals surface area (Å²) in [6.07, 6.45) is 1.30. The van der Waals surface area contributed by atoms with Gasteiger partial charge in [0.25, 0.3) is 0 Å². The van der Waals surface area contributed by atoms with Crippen molar-refractivity contribution in [2.45, 2.75) is 58.8 Å². The number of aryl methyl sites for hydroxylation is 1. The number of hydrogen-bond donors (Lipinski definition) is 2. The number of nitrogens with zero attached hydrogens (tertiary/aromatic N) is 1. The molecule has 1 saturated heterocycles. The number of hydrogen-bond acceptors (Lipinski definition) is 3. The summed E-state index contributed by atoms with van der Waals surface area (Å²) in [7, 11) is 0. The molecule has 1 aliphatic rings. The van der Waals surface area contributed by atoms with Crippen LogP contribution in [0.1, 0.15) is 38.8 Å². The predicted molar refractivity (Wildman–Crippen MR) is 102 cm³/mol. The van der Waals surface area contributed by atoms with Crippen LogP contribution >= 0.6 is 0 Å². The van der Waals surface area contributed by atoms with Gasteiger partial charge in [0.15, 0.2) is 0 Å². The molecule has 0 aromatic heterocycles. The van der Waals surface area contributed by atoms with Gasteiger partial charge in [0.05, 0.1) is 12.2 Å². The van der Waals surface area contributed by atoms with E-state index in [9.17, 15) is 4.79 Å². The van der Waals surface area contributed by atoms with Crippen molar-refractivity contribution < 1.29 is 9.53 Å². The number of nitrogens with one attached hydrogen (secondary N) is 2. The molecule has 1 aromatic carbocycles. The molecule has 2 amide bonds. The maximum absolute atomic E-state index is 12.1.